The van der Waals surface area contributed by atoms with Gasteiger partial charge in [-0.1, -0.05) is 12.1 Å². The van der Waals surface area contributed by atoms with E-state index in [9.17, 15) is 4.79 Å². The molecule has 88 valence electrons. The van der Waals surface area contributed by atoms with E-state index in [1.54, 1.807) is 30.1 Å². The molecule has 0 saturated heterocycles. The molecule has 1 aromatic carbocycles. The van der Waals surface area contributed by atoms with Gasteiger partial charge in [0, 0.05) is 25.2 Å². The Morgan fingerprint density at radius 3 is 2.94 bits per heavy atom. The Kier molecular flexibility index (Phi) is 3.23. The Balaban J connectivity index is 2.14. The molecule has 0 fully saturated rings. The molecular weight excluding hydrogens is 216 g/mol. The molecule has 0 aliphatic rings. The maximum Gasteiger partial charge on any atom is 0.167 e. The zero-order chi connectivity index (χ0) is 12.3. The van der Waals surface area contributed by atoms with Crippen molar-refractivity contribution in [3.8, 4) is 5.75 Å². The molecule has 0 aliphatic carbocycles. The molecule has 1 aromatic heterocycles. The molecule has 0 saturated carbocycles. The predicted octanol–water partition coefficient (Wildman–Crippen LogP) is 1.85. The van der Waals surface area contributed by atoms with Crippen LogP contribution in [0.25, 0.3) is 0 Å². The number of aryl methyl sites for hydroxylation is 1. The second-order valence-electron chi connectivity index (χ2n) is 3.85. The fourth-order valence-corrected chi connectivity index (χ4v) is 1.65. The second kappa shape index (κ2) is 4.82. The minimum absolute atomic E-state index is 0.0666. The number of aromatic nitrogens is 2. The highest BCUT2D eigenvalue weighted by Gasteiger charge is 2.09. The highest BCUT2D eigenvalue weighted by atomic mass is 16.5. The second-order valence-corrected chi connectivity index (χ2v) is 3.85. The van der Waals surface area contributed by atoms with Gasteiger partial charge < -0.3 is 4.74 Å². The largest absolute Gasteiger partial charge is 0.497 e. The van der Waals surface area contributed by atoms with Crippen molar-refractivity contribution in [2.24, 2.45) is 7.05 Å². The van der Waals surface area contributed by atoms with E-state index in [-0.39, 0.29) is 5.78 Å². The van der Waals surface area contributed by atoms with Crippen LogP contribution in [-0.2, 0) is 13.5 Å². The van der Waals surface area contributed by atoms with Gasteiger partial charge in [-0.3, -0.25) is 9.48 Å². The summed E-state index contributed by atoms with van der Waals surface area (Å²) in [6.45, 7) is 0. The number of carbonyl (C=O) groups excluding carboxylic acids is 1. The first-order valence-electron chi connectivity index (χ1n) is 5.34. The van der Waals surface area contributed by atoms with Gasteiger partial charge in [-0.25, -0.2) is 0 Å². The van der Waals surface area contributed by atoms with Gasteiger partial charge in [0.15, 0.2) is 5.78 Å². The van der Waals surface area contributed by atoms with Crippen molar-refractivity contribution in [2.45, 2.75) is 6.42 Å². The van der Waals surface area contributed by atoms with Gasteiger partial charge in [0.25, 0.3) is 0 Å². The van der Waals surface area contributed by atoms with Crippen molar-refractivity contribution >= 4 is 5.78 Å². The highest BCUT2D eigenvalue weighted by Crippen LogP contribution is 2.14. The minimum atomic E-state index is 0.0666. The number of nitrogens with zero attached hydrogens (tertiary/aromatic N) is 2. The number of methoxy groups -OCH3 is 1. The highest BCUT2D eigenvalue weighted by molar-refractivity contribution is 5.97. The van der Waals surface area contributed by atoms with E-state index in [1.807, 2.05) is 25.4 Å². The zero-order valence-electron chi connectivity index (χ0n) is 9.88. The summed E-state index contributed by atoms with van der Waals surface area (Å²) in [6, 6.07) is 7.18. The SMILES string of the molecule is COc1cccc(C(=O)Cc2cnn(C)c2)c1. The van der Waals surface area contributed by atoms with Crippen LogP contribution in [0.4, 0.5) is 0 Å². The van der Waals surface area contributed by atoms with Gasteiger partial charge in [-0.15, -0.1) is 0 Å². The van der Waals surface area contributed by atoms with Gasteiger partial charge in [-0.05, 0) is 17.7 Å². The van der Waals surface area contributed by atoms with Crippen LogP contribution in [0.2, 0.25) is 0 Å². The first-order valence-corrected chi connectivity index (χ1v) is 5.34. The molecule has 17 heavy (non-hydrogen) atoms. The fraction of sp³-hybridized carbons (Fsp3) is 0.231. The quantitative estimate of drug-likeness (QED) is 0.753. The number of rotatable bonds is 4. The van der Waals surface area contributed by atoms with E-state index < -0.39 is 0 Å². The molecule has 0 unspecified atom stereocenters. The molecule has 0 N–H and O–H groups in total. The van der Waals surface area contributed by atoms with E-state index in [0.717, 1.165) is 5.56 Å². The van der Waals surface area contributed by atoms with Gasteiger partial charge in [0.1, 0.15) is 5.75 Å². The van der Waals surface area contributed by atoms with Crippen molar-refractivity contribution in [3.05, 3.63) is 47.8 Å². The van der Waals surface area contributed by atoms with E-state index in [1.165, 1.54) is 0 Å². The number of carbonyl (C=O) groups is 1. The topological polar surface area (TPSA) is 44.1 Å². The number of Topliss-reactive ketones (excluding diaryl/α,β-unsaturated/α-hetero) is 1. The summed E-state index contributed by atoms with van der Waals surface area (Å²) in [5.41, 5.74) is 1.58. The third kappa shape index (κ3) is 2.72. The van der Waals surface area contributed by atoms with Crippen LogP contribution < -0.4 is 4.74 Å². The predicted molar refractivity (Wildman–Crippen MR) is 64.2 cm³/mol. The maximum atomic E-state index is 12.0. The van der Waals surface area contributed by atoms with Crippen LogP contribution in [0.15, 0.2) is 36.7 Å². The summed E-state index contributed by atoms with van der Waals surface area (Å²) >= 11 is 0. The standard InChI is InChI=1S/C13H14N2O2/c1-15-9-10(8-14-15)6-13(16)11-4-3-5-12(7-11)17-2/h3-5,7-9H,6H2,1-2H3. The summed E-state index contributed by atoms with van der Waals surface area (Å²) in [4.78, 5) is 12.0. The number of hydrogen-bond donors (Lipinski definition) is 0. The van der Waals surface area contributed by atoms with Crippen LogP contribution in [0.5, 0.6) is 5.75 Å². The lowest BCUT2D eigenvalue weighted by atomic mass is 10.1. The molecule has 2 aromatic rings. The molecule has 4 nitrogen and oxygen atoms in total. The Bertz CT molecular complexity index is 532. The third-order valence-electron chi connectivity index (χ3n) is 2.51. The fourth-order valence-electron chi connectivity index (χ4n) is 1.65. The number of benzene rings is 1. The average molecular weight is 230 g/mol. The van der Waals surface area contributed by atoms with Gasteiger partial charge >= 0.3 is 0 Å². The van der Waals surface area contributed by atoms with Crippen LogP contribution in [0.1, 0.15) is 15.9 Å². The lowest BCUT2D eigenvalue weighted by Gasteiger charge is -2.02. The molecule has 0 spiro atoms. The van der Waals surface area contributed by atoms with Crippen molar-refractivity contribution in [2.75, 3.05) is 7.11 Å². The smallest absolute Gasteiger partial charge is 0.167 e. The van der Waals surface area contributed by atoms with Crippen LogP contribution in [0.3, 0.4) is 0 Å². The molecule has 0 atom stereocenters. The molecule has 0 radical (unpaired) electrons. The summed E-state index contributed by atoms with van der Waals surface area (Å²) in [7, 11) is 3.42. The van der Waals surface area contributed by atoms with E-state index >= 15 is 0 Å². The van der Waals surface area contributed by atoms with Crippen LogP contribution in [0, 0.1) is 0 Å². The zero-order valence-corrected chi connectivity index (χ0v) is 9.88. The first-order chi connectivity index (χ1) is 8.19. The van der Waals surface area contributed by atoms with Gasteiger partial charge in [0.05, 0.1) is 13.3 Å². The molecule has 0 aliphatic heterocycles. The average Bonchev–Trinajstić information content (AvgIpc) is 2.75. The van der Waals surface area contributed by atoms with E-state index in [4.69, 9.17) is 4.74 Å². The van der Waals surface area contributed by atoms with Gasteiger partial charge in [0.2, 0.25) is 0 Å². The number of ketones is 1. The minimum Gasteiger partial charge on any atom is -0.497 e. The van der Waals surface area contributed by atoms with Crippen molar-refractivity contribution in [1.29, 1.82) is 0 Å². The monoisotopic (exact) mass is 230 g/mol. The number of ether oxygens (including phenoxy) is 1. The summed E-state index contributed by atoms with van der Waals surface area (Å²) in [5.74, 6) is 0.763. The van der Waals surface area contributed by atoms with Crippen LogP contribution in [-0.4, -0.2) is 22.7 Å². The molecule has 1 heterocycles. The van der Waals surface area contributed by atoms with Crippen molar-refractivity contribution in [1.82, 2.24) is 9.78 Å². The van der Waals surface area contributed by atoms with Crippen molar-refractivity contribution < 1.29 is 9.53 Å². The summed E-state index contributed by atoms with van der Waals surface area (Å²) < 4.78 is 6.78. The molecule has 0 bridgehead atoms. The Morgan fingerprint density at radius 2 is 2.29 bits per heavy atom. The van der Waals surface area contributed by atoms with Gasteiger partial charge in [-0.2, -0.15) is 5.10 Å². The molecular formula is C13H14N2O2. The molecule has 2 rings (SSSR count). The van der Waals surface area contributed by atoms with Crippen molar-refractivity contribution in [3.63, 3.8) is 0 Å². The number of hydrogen-bond acceptors (Lipinski definition) is 3. The molecule has 4 heteroatoms. The summed E-state index contributed by atoms with van der Waals surface area (Å²) in [5, 5.41) is 4.04. The lowest BCUT2D eigenvalue weighted by molar-refractivity contribution is 0.0992. The lowest BCUT2D eigenvalue weighted by Crippen LogP contribution is -2.03. The third-order valence-corrected chi connectivity index (χ3v) is 2.51. The maximum absolute atomic E-state index is 12.0. The summed E-state index contributed by atoms with van der Waals surface area (Å²) in [6.07, 6.45) is 3.91. The Hall–Kier alpha value is -2.10. The molecule has 0 amide bonds. The van der Waals surface area contributed by atoms with Crippen LogP contribution >= 0.6 is 0 Å². The normalized spacial score (nSPS) is 10.2. The van der Waals surface area contributed by atoms with E-state index in [2.05, 4.69) is 5.10 Å². The first kappa shape index (κ1) is 11.4. The Morgan fingerprint density at radius 1 is 1.47 bits per heavy atom. The Labute approximate surface area is 99.8 Å². The van der Waals surface area contributed by atoms with E-state index in [0.29, 0.717) is 17.7 Å².